The van der Waals surface area contributed by atoms with Gasteiger partial charge in [-0.3, -0.25) is 9.97 Å². The molecule has 70 valence electrons. The molecule has 0 saturated carbocycles. The van der Waals surface area contributed by atoms with Crippen molar-refractivity contribution in [3.8, 4) is 0 Å². The van der Waals surface area contributed by atoms with E-state index < -0.39 is 0 Å². The molecular formula is C10H15N3. The molecule has 0 aromatic carbocycles. The Labute approximate surface area is 78.9 Å². The lowest BCUT2D eigenvalue weighted by Crippen LogP contribution is -2.05. The van der Waals surface area contributed by atoms with Crippen LogP contribution >= 0.6 is 0 Å². The molecule has 3 nitrogen and oxygen atoms in total. The second-order valence-electron chi connectivity index (χ2n) is 2.88. The molecule has 1 rings (SSSR count). The zero-order chi connectivity index (χ0) is 9.52. The average Bonchev–Trinajstić information content (AvgIpc) is 2.13. The zero-order valence-electron chi connectivity index (χ0n) is 8.12. The molecule has 0 spiro atoms. The van der Waals surface area contributed by atoms with Gasteiger partial charge < -0.3 is 5.32 Å². The molecule has 0 fully saturated rings. The second kappa shape index (κ2) is 5.43. The summed E-state index contributed by atoms with van der Waals surface area (Å²) in [6.07, 6.45) is 8.64. The molecular weight excluding hydrogens is 162 g/mol. The van der Waals surface area contributed by atoms with Crippen molar-refractivity contribution >= 4 is 6.08 Å². The molecule has 0 bridgehead atoms. The van der Waals surface area contributed by atoms with Crippen LogP contribution in [0.25, 0.3) is 6.08 Å². The van der Waals surface area contributed by atoms with Gasteiger partial charge in [-0.25, -0.2) is 0 Å². The highest BCUT2D eigenvalue weighted by atomic mass is 14.8. The van der Waals surface area contributed by atoms with Gasteiger partial charge in [-0.2, -0.15) is 0 Å². The Morgan fingerprint density at radius 1 is 1.46 bits per heavy atom. The third-order valence-corrected chi connectivity index (χ3v) is 1.62. The Balaban J connectivity index is 2.48. The zero-order valence-corrected chi connectivity index (χ0v) is 8.12. The number of nitrogens with zero attached hydrogens (tertiary/aromatic N) is 2. The monoisotopic (exact) mass is 177 g/mol. The van der Waals surface area contributed by atoms with Gasteiger partial charge >= 0.3 is 0 Å². The third-order valence-electron chi connectivity index (χ3n) is 1.62. The van der Waals surface area contributed by atoms with Gasteiger partial charge in [0.25, 0.3) is 0 Å². The van der Waals surface area contributed by atoms with Gasteiger partial charge in [-0.05, 0) is 33.0 Å². The molecule has 0 aliphatic heterocycles. The molecule has 13 heavy (non-hydrogen) atoms. The number of aryl methyl sites for hydroxylation is 1. The van der Waals surface area contributed by atoms with E-state index in [1.807, 2.05) is 20.0 Å². The standard InChI is InChI=1S/C10H15N3/c1-9-7-12-8-10(13-9)5-3-4-6-11-2/h3,5,7-8,11H,4,6H2,1-2H3. The lowest BCUT2D eigenvalue weighted by Gasteiger charge is -1.94. The molecule has 0 unspecified atom stereocenters. The van der Waals surface area contributed by atoms with Gasteiger partial charge in [-0.15, -0.1) is 0 Å². The molecule has 1 aromatic heterocycles. The Hall–Kier alpha value is -1.22. The van der Waals surface area contributed by atoms with Crippen molar-refractivity contribution in [1.29, 1.82) is 0 Å². The smallest absolute Gasteiger partial charge is 0.0812 e. The van der Waals surface area contributed by atoms with Crippen LogP contribution in [-0.4, -0.2) is 23.6 Å². The average molecular weight is 177 g/mol. The minimum absolute atomic E-state index is 0.927. The van der Waals surface area contributed by atoms with E-state index in [9.17, 15) is 0 Å². The van der Waals surface area contributed by atoms with Crippen LogP contribution in [0.1, 0.15) is 17.8 Å². The summed E-state index contributed by atoms with van der Waals surface area (Å²) in [6.45, 7) is 2.94. The topological polar surface area (TPSA) is 37.8 Å². The minimum atomic E-state index is 0.927. The van der Waals surface area contributed by atoms with E-state index >= 15 is 0 Å². The van der Waals surface area contributed by atoms with Crippen LogP contribution in [0.15, 0.2) is 18.5 Å². The van der Waals surface area contributed by atoms with Gasteiger partial charge in [0.2, 0.25) is 0 Å². The highest BCUT2D eigenvalue weighted by Crippen LogP contribution is 1.98. The summed E-state index contributed by atoms with van der Waals surface area (Å²) in [5, 5.41) is 3.08. The Morgan fingerprint density at radius 2 is 2.31 bits per heavy atom. The first kappa shape index (κ1) is 9.86. The molecule has 0 atom stereocenters. The summed E-state index contributed by atoms with van der Waals surface area (Å²) in [7, 11) is 1.94. The van der Waals surface area contributed by atoms with E-state index in [1.54, 1.807) is 12.4 Å². The first-order valence-electron chi connectivity index (χ1n) is 4.42. The van der Waals surface area contributed by atoms with Gasteiger partial charge in [0, 0.05) is 6.20 Å². The van der Waals surface area contributed by atoms with Crippen molar-refractivity contribution in [3.05, 3.63) is 29.9 Å². The van der Waals surface area contributed by atoms with E-state index in [2.05, 4.69) is 21.4 Å². The number of hydrogen-bond donors (Lipinski definition) is 1. The fourth-order valence-electron chi connectivity index (χ4n) is 0.995. The van der Waals surface area contributed by atoms with E-state index in [4.69, 9.17) is 0 Å². The lowest BCUT2D eigenvalue weighted by molar-refractivity contribution is 0.809. The Morgan fingerprint density at radius 3 is 3.00 bits per heavy atom. The molecule has 0 amide bonds. The first-order valence-corrected chi connectivity index (χ1v) is 4.42. The van der Waals surface area contributed by atoms with Crippen LogP contribution in [0.5, 0.6) is 0 Å². The van der Waals surface area contributed by atoms with Gasteiger partial charge in [0.1, 0.15) is 0 Å². The number of hydrogen-bond acceptors (Lipinski definition) is 3. The van der Waals surface area contributed by atoms with Crippen LogP contribution < -0.4 is 5.32 Å². The summed E-state index contributed by atoms with van der Waals surface area (Å²) < 4.78 is 0. The third kappa shape index (κ3) is 3.80. The van der Waals surface area contributed by atoms with Crippen molar-refractivity contribution in [3.63, 3.8) is 0 Å². The van der Waals surface area contributed by atoms with Crippen molar-refractivity contribution in [2.45, 2.75) is 13.3 Å². The second-order valence-corrected chi connectivity index (χ2v) is 2.88. The maximum absolute atomic E-state index is 4.30. The lowest BCUT2D eigenvalue weighted by atomic mass is 10.3. The highest BCUT2D eigenvalue weighted by molar-refractivity contribution is 5.42. The summed E-state index contributed by atoms with van der Waals surface area (Å²) in [5.41, 5.74) is 1.88. The fourth-order valence-corrected chi connectivity index (χ4v) is 0.995. The Bertz CT molecular complexity index is 281. The summed E-state index contributed by atoms with van der Waals surface area (Å²) in [6, 6.07) is 0. The predicted molar refractivity (Wildman–Crippen MR) is 54.3 cm³/mol. The van der Waals surface area contributed by atoms with Gasteiger partial charge in [0.05, 0.1) is 17.6 Å². The molecule has 0 radical (unpaired) electrons. The van der Waals surface area contributed by atoms with Crippen LogP contribution in [0.2, 0.25) is 0 Å². The number of nitrogens with one attached hydrogen (secondary N) is 1. The normalized spacial score (nSPS) is 10.9. The van der Waals surface area contributed by atoms with Gasteiger partial charge in [-0.1, -0.05) is 6.08 Å². The Kier molecular flexibility index (Phi) is 4.12. The highest BCUT2D eigenvalue weighted by Gasteiger charge is 1.88. The van der Waals surface area contributed by atoms with Crippen LogP contribution in [0.4, 0.5) is 0 Å². The van der Waals surface area contributed by atoms with E-state index in [0.29, 0.717) is 0 Å². The van der Waals surface area contributed by atoms with Crippen molar-refractivity contribution in [2.75, 3.05) is 13.6 Å². The van der Waals surface area contributed by atoms with Crippen LogP contribution in [0.3, 0.4) is 0 Å². The molecule has 1 N–H and O–H groups in total. The predicted octanol–water partition coefficient (Wildman–Crippen LogP) is 1.41. The van der Waals surface area contributed by atoms with Crippen molar-refractivity contribution in [1.82, 2.24) is 15.3 Å². The summed E-state index contributed by atoms with van der Waals surface area (Å²) in [4.78, 5) is 8.35. The molecule has 0 aliphatic rings. The summed E-state index contributed by atoms with van der Waals surface area (Å²) >= 11 is 0. The molecule has 0 saturated heterocycles. The SMILES string of the molecule is CNCCC=Cc1cncc(C)n1. The van der Waals surface area contributed by atoms with Crippen molar-refractivity contribution in [2.24, 2.45) is 0 Å². The van der Waals surface area contributed by atoms with Gasteiger partial charge in [0.15, 0.2) is 0 Å². The van der Waals surface area contributed by atoms with E-state index in [-0.39, 0.29) is 0 Å². The molecule has 0 aliphatic carbocycles. The molecule has 3 heteroatoms. The molecule has 1 aromatic rings. The molecule has 1 heterocycles. The summed E-state index contributed by atoms with van der Waals surface area (Å²) in [5.74, 6) is 0. The minimum Gasteiger partial charge on any atom is -0.319 e. The largest absolute Gasteiger partial charge is 0.319 e. The van der Waals surface area contributed by atoms with Crippen LogP contribution in [0, 0.1) is 6.92 Å². The van der Waals surface area contributed by atoms with E-state index in [1.165, 1.54) is 0 Å². The van der Waals surface area contributed by atoms with Crippen LogP contribution in [-0.2, 0) is 0 Å². The van der Waals surface area contributed by atoms with E-state index in [0.717, 1.165) is 24.4 Å². The quantitative estimate of drug-likeness (QED) is 0.706. The van der Waals surface area contributed by atoms with Crippen molar-refractivity contribution < 1.29 is 0 Å². The maximum atomic E-state index is 4.30. The first-order chi connectivity index (χ1) is 6.33. The number of rotatable bonds is 4. The maximum Gasteiger partial charge on any atom is 0.0812 e. The number of aromatic nitrogens is 2. The fraction of sp³-hybridized carbons (Fsp3) is 0.400.